The van der Waals surface area contributed by atoms with Crippen molar-refractivity contribution in [3.63, 3.8) is 0 Å². The van der Waals surface area contributed by atoms with E-state index in [1.807, 2.05) is 49.4 Å². The van der Waals surface area contributed by atoms with Crippen LogP contribution in [0.15, 0.2) is 65.3 Å². The first-order valence-electron chi connectivity index (χ1n) is 7.51. The van der Waals surface area contributed by atoms with Gasteiger partial charge in [-0.25, -0.2) is 4.99 Å². The molecule has 0 spiro atoms. The molecule has 5 heteroatoms. The number of amides is 1. The Hall–Kier alpha value is -3.21. The minimum absolute atomic E-state index is 0.235. The van der Waals surface area contributed by atoms with Crippen LogP contribution in [-0.2, 0) is 9.59 Å². The second-order valence-electron chi connectivity index (χ2n) is 5.53. The zero-order valence-corrected chi connectivity index (χ0v) is 13.1. The Morgan fingerprint density at radius 2 is 1.79 bits per heavy atom. The van der Waals surface area contributed by atoms with Crippen LogP contribution in [0.25, 0.3) is 6.08 Å². The highest BCUT2D eigenvalue weighted by atomic mass is 16.4. The molecule has 0 saturated heterocycles. The van der Waals surface area contributed by atoms with E-state index < -0.39 is 18.4 Å². The van der Waals surface area contributed by atoms with Crippen LogP contribution in [-0.4, -0.2) is 34.3 Å². The molecular weight excluding hydrogens is 304 g/mol. The third-order valence-corrected chi connectivity index (χ3v) is 3.65. The number of hydrogen-bond acceptors (Lipinski definition) is 3. The van der Waals surface area contributed by atoms with Crippen LogP contribution in [0.2, 0.25) is 0 Å². The van der Waals surface area contributed by atoms with E-state index in [4.69, 9.17) is 5.11 Å². The van der Waals surface area contributed by atoms with E-state index in [9.17, 15) is 9.59 Å². The Morgan fingerprint density at radius 1 is 1.12 bits per heavy atom. The molecule has 3 rings (SSSR count). The van der Waals surface area contributed by atoms with Crippen molar-refractivity contribution in [1.82, 2.24) is 4.90 Å². The molecule has 5 nitrogen and oxygen atoms in total. The van der Waals surface area contributed by atoms with Gasteiger partial charge in [-0.15, -0.1) is 0 Å². The van der Waals surface area contributed by atoms with E-state index in [1.54, 1.807) is 18.2 Å². The number of amidine groups is 1. The Bertz CT molecular complexity index is 837. The summed E-state index contributed by atoms with van der Waals surface area (Å²) in [6, 6.07) is 16.8. The molecule has 0 atom stereocenters. The Balaban J connectivity index is 2.01. The lowest BCUT2D eigenvalue weighted by Crippen LogP contribution is -2.37. The number of carboxylic acids is 1. The molecule has 1 aliphatic rings. The number of aryl methyl sites for hydroxylation is 1. The van der Waals surface area contributed by atoms with Crippen LogP contribution in [0.1, 0.15) is 16.7 Å². The van der Waals surface area contributed by atoms with Gasteiger partial charge in [0.1, 0.15) is 18.1 Å². The van der Waals surface area contributed by atoms with E-state index in [0.29, 0.717) is 11.4 Å². The molecule has 1 aliphatic heterocycles. The molecule has 24 heavy (non-hydrogen) atoms. The number of aliphatic imine (C=N–C) groups is 1. The maximum absolute atomic E-state index is 12.6. The lowest BCUT2D eigenvalue weighted by Gasteiger charge is -2.15. The third kappa shape index (κ3) is 3.25. The molecular formula is C19H16N2O3. The summed E-state index contributed by atoms with van der Waals surface area (Å²) >= 11 is 0. The molecule has 0 aromatic heterocycles. The van der Waals surface area contributed by atoms with Crippen molar-refractivity contribution in [2.45, 2.75) is 6.92 Å². The van der Waals surface area contributed by atoms with E-state index >= 15 is 0 Å². The van der Waals surface area contributed by atoms with Crippen LogP contribution in [0.4, 0.5) is 0 Å². The zero-order valence-electron chi connectivity index (χ0n) is 13.1. The number of nitrogens with zero attached hydrogens (tertiary/aromatic N) is 2. The molecule has 2 aromatic rings. The van der Waals surface area contributed by atoms with Crippen LogP contribution < -0.4 is 0 Å². The average molecular weight is 320 g/mol. The van der Waals surface area contributed by atoms with Gasteiger partial charge in [-0.1, -0.05) is 60.2 Å². The first-order valence-corrected chi connectivity index (χ1v) is 7.51. The standard InChI is InChI=1S/C19H16N2O3/c1-13-7-9-14(10-8-13)11-16-19(24)21(12-17(22)23)18(20-16)15-5-3-2-4-6-15/h2-11H,12H2,1H3,(H,22,23)/b16-11-. The molecule has 120 valence electrons. The molecule has 1 heterocycles. The molecule has 0 aliphatic carbocycles. The summed E-state index contributed by atoms with van der Waals surface area (Å²) in [6.45, 7) is 1.57. The second-order valence-corrected chi connectivity index (χ2v) is 5.53. The maximum atomic E-state index is 12.6. The Kier molecular flexibility index (Phi) is 4.24. The van der Waals surface area contributed by atoms with Crippen molar-refractivity contribution < 1.29 is 14.7 Å². The molecule has 0 saturated carbocycles. The summed E-state index contributed by atoms with van der Waals surface area (Å²) in [5, 5.41) is 9.09. The number of carboxylic acid groups (broad SMARTS) is 1. The normalized spacial score (nSPS) is 15.7. The van der Waals surface area contributed by atoms with Crippen molar-refractivity contribution in [3.05, 3.63) is 77.0 Å². The molecule has 0 fully saturated rings. The highest BCUT2D eigenvalue weighted by molar-refractivity contribution is 6.20. The topological polar surface area (TPSA) is 70.0 Å². The average Bonchev–Trinajstić information content (AvgIpc) is 2.87. The van der Waals surface area contributed by atoms with Crippen LogP contribution in [0.3, 0.4) is 0 Å². The fraction of sp³-hybridized carbons (Fsp3) is 0.105. The monoisotopic (exact) mass is 320 g/mol. The van der Waals surface area contributed by atoms with Gasteiger partial charge < -0.3 is 5.11 Å². The SMILES string of the molecule is Cc1ccc(/C=C2\N=C(c3ccccc3)N(CC(=O)O)C2=O)cc1. The van der Waals surface area contributed by atoms with Gasteiger partial charge in [0.05, 0.1) is 0 Å². The fourth-order valence-corrected chi connectivity index (χ4v) is 2.46. The largest absolute Gasteiger partial charge is 0.480 e. The van der Waals surface area contributed by atoms with Gasteiger partial charge in [-0.05, 0) is 18.6 Å². The van der Waals surface area contributed by atoms with Crippen molar-refractivity contribution in [1.29, 1.82) is 0 Å². The molecule has 0 radical (unpaired) electrons. The molecule has 2 aromatic carbocycles. The fourth-order valence-electron chi connectivity index (χ4n) is 2.46. The number of benzene rings is 2. The predicted molar refractivity (Wildman–Crippen MR) is 91.5 cm³/mol. The van der Waals surface area contributed by atoms with Gasteiger partial charge in [0, 0.05) is 5.56 Å². The van der Waals surface area contributed by atoms with Crippen LogP contribution >= 0.6 is 0 Å². The lowest BCUT2D eigenvalue weighted by atomic mass is 10.1. The number of carbonyl (C=O) groups is 2. The Labute approximate surface area is 139 Å². The van der Waals surface area contributed by atoms with Gasteiger partial charge in [0.2, 0.25) is 0 Å². The van der Waals surface area contributed by atoms with E-state index in [0.717, 1.165) is 11.1 Å². The summed E-state index contributed by atoms with van der Waals surface area (Å²) in [7, 11) is 0. The van der Waals surface area contributed by atoms with E-state index in [2.05, 4.69) is 4.99 Å². The number of aliphatic carboxylic acids is 1. The quantitative estimate of drug-likeness (QED) is 0.881. The lowest BCUT2D eigenvalue weighted by molar-refractivity contribution is -0.140. The summed E-state index contributed by atoms with van der Waals surface area (Å²) in [4.78, 5) is 29.3. The van der Waals surface area contributed by atoms with E-state index in [-0.39, 0.29) is 5.70 Å². The minimum Gasteiger partial charge on any atom is -0.480 e. The second kappa shape index (κ2) is 6.50. The summed E-state index contributed by atoms with van der Waals surface area (Å²) < 4.78 is 0. The summed E-state index contributed by atoms with van der Waals surface area (Å²) in [5.74, 6) is -1.12. The Morgan fingerprint density at radius 3 is 2.42 bits per heavy atom. The highest BCUT2D eigenvalue weighted by Gasteiger charge is 2.32. The van der Waals surface area contributed by atoms with Gasteiger partial charge in [0.25, 0.3) is 5.91 Å². The van der Waals surface area contributed by atoms with E-state index in [1.165, 1.54) is 4.90 Å². The molecule has 1 amide bonds. The first-order chi connectivity index (χ1) is 11.5. The van der Waals surface area contributed by atoms with Gasteiger partial charge in [-0.2, -0.15) is 0 Å². The number of rotatable bonds is 4. The molecule has 0 bridgehead atoms. The third-order valence-electron chi connectivity index (χ3n) is 3.65. The van der Waals surface area contributed by atoms with Crippen molar-refractivity contribution >= 4 is 23.8 Å². The minimum atomic E-state index is -1.08. The summed E-state index contributed by atoms with van der Waals surface area (Å²) in [5.41, 5.74) is 2.91. The van der Waals surface area contributed by atoms with Crippen LogP contribution in [0.5, 0.6) is 0 Å². The maximum Gasteiger partial charge on any atom is 0.323 e. The predicted octanol–water partition coefficient (Wildman–Crippen LogP) is 2.71. The first kappa shape index (κ1) is 15.7. The van der Waals surface area contributed by atoms with Crippen LogP contribution in [0, 0.1) is 6.92 Å². The molecule has 1 N–H and O–H groups in total. The molecule has 0 unspecified atom stereocenters. The summed E-state index contributed by atoms with van der Waals surface area (Å²) in [6.07, 6.45) is 1.67. The van der Waals surface area contributed by atoms with Gasteiger partial charge in [-0.3, -0.25) is 14.5 Å². The van der Waals surface area contributed by atoms with Gasteiger partial charge in [0.15, 0.2) is 0 Å². The number of hydrogen-bond donors (Lipinski definition) is 1. The highest BCUT2D eigenvalue weighted by Crippen LogP contribution is 2.22. The van der Waals surface area contributed by atoms with Crippen molar-refractivity contribution in [2.24, 2.45) is 4.99 Å². The zero-order chi connectivity index (χ0) is 17.1. The van der Waals surface area contributed by atoms with Gasteiger partial charge >= 0.3 is 5.97 Å². The number of carbonyl (C=O) groups excluding carboxylic acids is 1. The van der Waals surface area contributed by atoms with Crippen molar-refractivity contribution in [3.8, 4) is 0 Å². The van der Waals surface area contributed by atoms with Crippen molar-refractivity contribution in [2.75, 3.05) is 6.54 Å². The smallest absolute Gasteiger partial charge is 0.323 e.